The van der Waals surface area contributed by atoms with Gasteiger partial charge >= 0.3 is 0 Å². The molecule has 1 atom stereocenters. The Morgan fingerprint density at radius 3 is 2.87 bits per heavy atom. The molecule has 1 N–H and O–H groups in total. The second-order valence-electron chi connectivity index (χ2n) is 9.70. The molecular weight excluding hydrogens is 376 g/mol. The van der Waals surface area contributed by atoms with Gasteiger partial charge in [-0.2, -0.15) is 0 Å². The number of amides is 1. The van der Waals surface area contributed by atoms with E-state index in [4.69, 9.17) is 4.98 Å². The number of aryl methyl sites for hydroxylation is 2. The molecule has 30 heavy (non-hydrogen) atoms. The van der Waals surface area contributed by atoms with E-state index in [1.807, 2.05) is 4.90 Å². The van der Waals surface area contributed by atoms with Gasteiger partial charge in [0.2, 0.25) is 0 Å². The van der Waals surface area contributed by atoms with E-state index < -0.39 is 0 Å². The first-order chi connectivity index (χ1) is 14.6. The van der Waals surface area contributed by atoms with E-state index in [2.05, 4.69) is 16.0 Å². The molecule has 3 aliphatic carbocycles. The van der Waals surface area contributed by atoms with Crippen molar-refractivity contribution in [3.8, 4) is 0 Å². The van der Waals surface area contributed by atoms with Gasteiger partial charge in [-0.05, 0) is 75.8 Å². The summed E-state index contributed by atoms with van der Waals surface area (Å²) in [6.45, 7) is 1.43. The molecule has 0 bridgehead atoms. The van der Waals surface area contributed by atoms with Crippen LogP contribution in [0.5, 0.6) is 0 Å². The van der Waals surface area contributed by atoms with Crippen molar-refractivity contribution in [1.29, 1.82) is 0 Å². The van der Waals surface area contributed by atoms with E-state index in [0.717, 1.165) is 80.7 Å². The highest BCUT2D eigenvalue weighted by molar-refractivity contribution is 5.94. The van der Waals surface area contributed by atoms with Gasteiger partial charge in [0.25, 0.3) is 11.5 Å². The Morgan fingerprint density at radius 2 is 2.00 bits per heavy atom. The average molecular weight is 405 g/mol. The van der Waals surface area contributed by atoms with Gasteiger partial charge in [-0.25, -0.2) is 4.98 Å². The normalized spacial score (nSPS) is 25.3. The fraction of sp³-hybridized carbons (Fsp3) is 0.583. The largest absolute Gasteiger partial charge is 0.338 e. The fourth-order valence-corrected chi connectivity index (χ4v) is 5.81. The lowest BCUT2D eigenvalue weighted by atomic mass is 9.77. The maximum absolute atomic E-state index is 13.4. The summed E-state index contributed by atoms with van der Waals surface area (Å²) in [6.07, 6.45) is 12.1. The molecule has 6 rings (SSSR count). The molecule has 1 spiro atoms. The van der Waals surface area contributed by atoms with Gasteiger partial charge in [-0.3, -0.25) is 14.6 Å². The van der Waals surface area contributed by atoms with Crippen molar-refractivity contribution in [2.45, 2.75) is 75.5 Å². The van der Waals surface area contributed by atoms with Gasteiger partial charge in [0.1, 0.15) is 5.82 Å². The third kappa shape index (κ3) is 2.91. The summed E-state index contributed by atoms with van der Waals surface area (Å²) in [7, 11) is 0. The molecule has 4 aliphatic rings. The number of fused-ring (bicyclic) bond motifs is 3. The van der Waals surface area contributed by atoms with Crippen molar-refractivity contribution in [2.24, 2.45) is 0 Å². The van der Waals surface area contributed by atoms with Crippen LogP contribution in [0.3, 0.4) is 0 Å². The monoisotopic (exact) mass is 404 g/mol. The number of piperidine rings is 1. The molecule has 6 nitrogen and oxygen atoms in total. The number of carbonyl (C=O) groups excluding carboxylic acids is 1. The highest BCUT2D eigenvalue weighted by Gasteiger charge is 2.46. The number of pyridine rings is 1. The molecule has 6 heteroatoms. The van der Waals surface area contributed by atoms with Crippen LogP contribution in [0.4, 0.5) is 0 Å². The first-order valence-corrected chi connectivity index (χ1v) is 11.5. The SMILES string of the molecule is O=C(c1cnc2c(c1)CCCC2)N1CCCC2(CCc3c2nc(C2CC2)[nH]c3=O)C1. The van der Waals surface area contributed by atoms with Gasteiger partial charge in [-0.15, -0.1) is 0 Å². The predicted molar refractivity (Wildman–Crippen MR) is 113 cm³/mol. The molecule has 2 aromatic heterocycles. The number of carbonyl (C=O) groups is 1. The third-order valence-electron chi connectivity index (χ3n) is 7.63. The minimum absolute atomic E-state index is 0.0427. The van der Waals surface area contributed by atoms with Gasteiger partial charge < -0.3 is 9.88 Å². The van der Waals surface area contributed by atoms with Crippen LogP contribution in [-0.2, 0) is 24.7 Å². The summed E-state index contributed by atoms with van der Waals surface area (Å²) in [5.41, 5.74) is 4.83. The smallest absolute Gasteiger partial charge is 0.255 e. The van der Waals surface area contributed by atoms with Crippen molar-refractivity contribution >= 4 is 5.91 Å². The van der Waals surface area contributed by atoms with E-state index in [0.29, 0.717) is 18.0 Å². The highest BCUT2D eigenvalue weighted by atomic mass is 16.2. The molecule has 2 aromatic rings. The standard InChI is InChI=1S/C24H28N4O2/c29-22-18-8-10-24(20(18)26-21(27-22)15-6-7-15)9-3-11-28(14-24)23(30)17-12-16-4-1-2-5-19(16)25-13-17/h12-13,15H,1-11,14H2,(H,26,27,29). The maximum atomic E-state index is 13.4. The number of nitrogens with zero attached hydrogens (tertiary/aromatic N) is 3. The zero-order valence-electron chi connectivity index (χ0n) is 17.4. The van der Waals surface area contributed by atoms with E-state index in [9.17, 15) is 9.59 Å². The van der Waals surface area contributed by atoms with Crippen molar-refractivity contribution in [1.82, 2.24) is 19.9 Å². The molecule has 0 radical (unpaired) electrons. The van der Waals surface area contributed by atoms with E-state index in [-0.39, 0.29) is 16.9 Å². The average Bonchev–Trinajstić information content (AvgIpc) is 3.57. The molecule has 1 saturated heterocycles. The van der Waals surface area contributed by atoms with Crippen LogP contribution >= 0.6 is 0 Å². The third-order valence-corrected chi connectivity index (χ3v) is 7.63. The zero-order chi connectivity index (χ0) is 20.3. The lowest BCUT2D eigenvalue weighted by Gasteiger charge is -2.40. The van der Waals surface area contributed by atoms with E-state index >= 15 is 0 Å². The Balaban J connectivity index is 1.31. The van der Waals surface area contributed by atoms with E-state index in [1.165, 1.54) is 18.4 Å². The van der Waals surface area contributed by atoms with Gasteiger partial charge in [0, 0.05) is 41.9 Å². The highest BCUT2D eigenvalue weighted by Crippen LogP contribution is 2.45. The summed E-state index contributed by atoms with van der Waals surface area (Å²) in [6, 6.07) is 2.07. The van der Waals surface area contributed by atoms with Crippen molar-refractivity contribution in [2.75, 3.05) is 13.1 Å². The number of hydrogen-bond acceptors (Lipinski definition) is 4. The van der Waals surface area contributed by atoms with Gasteiger partial charge in [0.15, 0.2) is 0 Å². The number of rotatable bonds is 2. The Hall–Kier alpha value is -2.50. The van der Waals surface area contributed by atoms with Crippen LogP contribution < -0.4 is 5.56 Å². The minimum Gasteiger partial charge on any atom is -0.338 e. The second kappa shape index (κ2) is 6.76. The molecule has 1 amide bonds. The van der Waals surface area contributed by atoms with Crippen LogP contribution in [0.15, 0.2) is 17.1 Å². The molecule has 156 valence electrons. The molecule has 1 unspecified atom stereocenters. The minimum atomic E-state index is -0.164. The van der Waals surface area contributed by atoms with Crippen LogP contribution in [-0.4, -0.2) is 38.8 Å². The Morgan fingerprint density at radius 1 is 1.13 bits per heavy atom. The number of aromatic nitrogens is 3. The van der Waals surface area contributed by atoms with Gasteiger partial charge in [0.05, 0.1) is 11.3 Å². The summed E-state index contributed by atoms with van der Waals surface area (Å²) < 4.78 is 0. The Labute approximate surface area is 176 Å². The quantitative estimate of drug-likeness (QED) is 0.834. The van der Waals surface area contributed by atoms with Crippen molar-refractivity contribution < 1.29 is 4.79 Å². The maximum Gasteiger partial charge on any atom is 0.255 e. The number of likely N-dealkylation sites (tertiary alicyclic amines) is 1. The summed E-state index contributed by atoms with van der Waals surface area (Å²) >= 11 is 0. The fourth-order valence-electron chi connectivity index (χ4n) is 5.81. The molecule has 2 fully saturated rings. The number of H-pyrrole nitrogens is 1. The van der Waals surface area contributed by atoms with Crippen LogP contribution in [0, 0.1) is 0 Å². The molecule has 0 aromatic carbocycles. The Kier molecular flexibility index (Phi) is 4.12. The summed E-state index contributed by atoms with van der Waals surface area (Å²) in [4.78, 5) is 40.7. The second-order valence-corrected chi connectivity index (χ2v) is 9.70. The number of hydrogen-bond donors (Lipinski definition) is 1. The molecular formula is C24H28N4O2. The van der Waals surface area contributed by atoms with Crippen LogP contribution in [0.25, 0.3) is 0 Å². The zero-order valence-corrected chi connectivity index (χ0v) is 17.4. The van der Waals surface area contributed by atoms with E-state index in [1.54, 1.807) is 6.20 Å². The molecule has 3 heterocycles. The first kappa shape index (κ1) is 18.3. The number of nitrogens with one attached hydrogen (secondary N) is 1. The van der Waals surface area contributed by atoms with Crippen molar-refractivity contribution in [3.05, 3.63) is 56.5 Å². The summed E-state index contributed by atoms with van der Waals surface area (Å²) in [5.74, 6) is 1.36. The van der Waals surface area contributed by atoms with Crippen molar-refractivity contribution in [3.63, 3.8) is 0 Å². The van der Waals surface area contributed by atoms with Crippen LogP contribution in [0.1, 0.15) is 89.6 Å². The van der Waals surface area contributed by atoms with Crippen LogP contribution in [0.2, 0.25) is 0 Å². The lowest BCUT2D eigenvalue weighted by molar-refractivity contribution is 0.0632. The summed E-state index contributed by atoms with van der Waals surface area (Å²) in [5, 5.41) is 0. The Bertz CT molecular complexity index is 1090. The molecule has 1 aliphatic heterocycles. The van der Waals surface area contributed by atoms with Gasteiger partial charge in [-0.1, -0.05) is 0 Å². The number of aromatic amines is 1. The topological polar surface area (TPSA) is 79.0 Å². The first-order valence-electron chi connectivity index (χ1n) is 11.5. The predicted octanol–water partition coefficient (Wildman–Crippen LogP) is 3.04. The lowest BCUT2D eigenvalue weighted by Crippen LogP contribution is -2.48. The molecule has 1 saturated carbocycles.